The third kappa shape index (κ3) is 4.41. The van der Waals surface area contributed by atoms with Crippen LogP contribution in [0.25, 0.3) is 0 Å². The van der Waals surface area contributed by atoms with Crippen LogP contribution in [-0.2, 0) is 9.47 Å². The number of carboxylic acid groups (broad SMARTS) is 1. The van der Waals surface area contributed by atoms with Gasteiger partial charge in [0.05, 0.1) is 0 Å². The van der Waals surface area contributed by atoms with Crippen molar-refractivity contribution < 1.29 is 24.2 Å². The van der Waals surface area contributed by atoms with E-state index in [-0.39, 0.29) is 16.7 Å². The number of ether oxygens (including phenoxy) is 2. The predicted molar refractivity (Wildman–Crippen MR) is 81.7 cm³/mol. The predicted octanol–water partition coefficient (Wildman–Crippen LogP) is 3.08. The van der Waals surface area contributed by atoms with E-state index in [1.165, 1.54) is 11.3 Å². The number of nitrogens with one attached hydrogen (secondary N) is 1. The van der Waals surface area contributed by atoms with E-state index < -0.39 is 17.7 Å². The number of rotatable bonds is 3. The van der Waals surface area contributed by atoms with Gasteiger partial charge in [0.25, 0.3) is 0 Å². The van der Waals surface area contributed by atoms with Gasteiger partial charge in [-0.2, -0.15) is 0 Å². The summed E-state index contributed by atoms with van der Waals surface area (Å²) in [5, 5.41) is 12.0. The van der Waals surface area contributed by atoms with Crippen LogP contribution in [0.3, 0.4) is 0 Å². The summed E-state index contributed by atoms with van der Waals surface area (Å²) in [6.07, 6.45) is 0.875. The Morgan fingerprint density at radius 1 is 1.36 bits per heavy atom. The van der Waals surface area contributed by atoms with Crippen LogP contribution in [0.5, 0.6) is 0 Å². The van der Waals surface area contributed by atoms with Crippen molar-refractivity contribution in [1.29, 1.82) is 0 Å². The number of aromatic carboxylic acids is 1. The molecule has 0 aliphatic carbocycles. The summed E-state index contributed by atoms with van der Waals surface area (Å²) in [5.74, 6) is -0.985. The molecule has 1 aliphatic heterocycles. The number of carbonyl (C=O) groups excluding carboxylic acids is 1. The van der Waals surface area contributed by atoms with Gasteiger partial charge in [-0.15, -0.1) is 11.3 Å². The topological polar surface area (TPSA) is 97.8 Å². The largest absolute Gasteiger partial charge is 0.476 e. The maximum Gasteiger partial charge on any atom is 0.413 e. The normalized spacial score (nSPS) is 16.3. The van der Waals surface area contributed by atoms with Crippen molar-refractivity contribution >= 4 is 28.5 Å². The highest BCUT2D eigenvalue weighted by Crippen LogP contribution is 2.36. The molecule has 7 nitrogen and oxygen atoms in total. The number of carbonyl (C=O) groups is 2. The lowest BCUT2D eigenvalue weighted by Crippen LogP contribution is -2.27. The minimum absolute atomic E-state index is 0.00274. The SMILES string of the molecule is CC(C)(C)OC(=O)Nc1nc(C(=O)O)c(C2CCOCC2)s1. The molecule has 0 spiro atoms. The molecule has 1 amide bonds. The third-order valence-electron chi connectivity index (χ3n) is 3.06. The molecule has 1 aromatic rings. The molecular formula is C14H20N2O5S. The first-order valence-electron chi connectivity index (χ1n) is 7.08. The highest BCUT2D eigenvalue weighted by Gasteiger charge is 2.27. The summed E-state index contributed by atoms with van der Waals surface area (Å²) in [6.45, 7) is 6.48. The zero-order chi connectivity index (χ0) is 16.3. The number of hydrogen-bond donors (Lipinski definition) is 2. The lowest BCUT2D eigenvalue weighted by Gasteiger charge is -2.21. The molecule has 1 aliphatic rings. The molecule has 0 unspecified atom stereocenters. The summed E-state index contributed by atoms with van der Waals surface area (Å²) in [6, 6.07) is 0. The lowest BCUT2D eigenvalue weighted by molar-refractivity contribution is 0.0631. The molecular weight excluding hydrogens is 308 g/mol. The molecule has 2 N–H and O–H groups in total. The van der Waals surface area contributed by atoms with Crippen LogP contribution in [0.2, 0.25) is 0 Å². The molecule has 2 heterocycles. The van der Waals surface area contributed by atoms with Crippen LogP contribution in [0, 0.1) is 0 Å². The third-order valence-corrected chi connectivity index (χ3v) is 4.19. The monoisotopic (exact) mass is 328 g/mol. The number of nitrogens with zero attached hydrogens (tertiary/aromatic N) is 1. The molecule has 0 saturated carbocycles. The summed E-state index contributed by atoms with van der Waals surface area (Å²) < 4.78 is 10.4. The van der Waals surface area contributed by atoms with Crippen molar-refractivity contribution in [2.45, 2.75) is 45.1 Å². The van der Waals surface area contributed by atoms with E-state index in [4.69, 9.17) is 9.47 Å². The van der Waals surface area contributed by atoms with Gasteiger partial charge < -0.3 is 14.6 Å². The summed E-state index contributed by atoms with van der Waals surface area (Å²) in [4.78, 5) is 27.8. The van der Waals surface area contributed by atoms with Gasteiger partial charge >= 0.3 is 12.1 Å². The Labute approximate surface area is 132 Å². The van der Waals surface area contributed by atoms with Gasteiger partial charge in [0.2, 0.25) is 0 Å². The smallest absolute Gasteiger partial charge is 0.413 e. The van der Waals surface area contributed by atoms with E-state index in [1.54, 1.807) is 20.8 Å². The highest BCUT2D eigenvalue weighted by atomic mass is 32.1. The van der Waals surface area contributed by atoms with E-state index in [9.17, 15) is 14.7 Å². The quantitative estimate of drug-likeness (QED) is 0.885. The summed E-state index contributed by atoms with van der Waals surface area (Å²) >= 11 is 1.19. The second-order valence-electron chi connectivity index (χ2n) is 6.05. The highest BCUT2D eigenvalue weighted by molar-refractivity contribution is 7.16. The fourth-order valence-electron chi connectivity index (χ4n) is 2.17. The Morgan fingerprint density at radius 3 is 2.55 bits per heavy atom. The Kier molecular flexibility index (Phi) is 5.02. The van der Waals surface area contributed by atoms with Gasteiger partial charge in [0.15, 0.2) is 10.8 Å². The van der Waals surface area contributed by atoms with Crippen LogP contribution in [0.15, 0.2) is 0 Å². The number of amides is 1. The van der Waals surface area contributed by atoms with Crippen molar-refractivity contribution in [3.63, 3.8) is 0 Å². The molecule has 1 fully saturated rings. The van der Waals surface area contributed by atoms with E-state index in [0.717, 1.165) is 12.8 Å². The average molecular weight is 328 g/mol. The minimum atomic E-state index is -1.09. The second-order valence-corrected chi connectivity index (χ2v) is 7.08. The summed E-state index contributed by atoms with van der Waals surface area (Å²) in [5.41, 5.74) is -0.622. The number of thiazole rings is 1. The fraction of sp³-hybridized carbons (Fsp3) is 0.643. The molecule has 8 heteroatoms. The van der Waals surface area contributed by atoms with E-state index in [0.29, 0.717) is 18.1 Å². The molecule has 0 aromatic carbocycles. The molecule has 2 rings (SSSR count). The van der Waals surface area contributed by atoms with Crippen LogP contribution in [0.4, 0.5) is 9.93 Å². The minimum Gasteiger partial charge on any atom is -0.476 e. The Morgan fingerprint density at radius 2 is 2.00 bits per heavy atom. The van der Waals surface area contributed by atoms with Crippen LogP contribution in [0.1, 0.15) is 54.9 Å². The first-order valence-corrected chi connectivity index (χ1v) is 7.89. The van der Waals surface area contributed by atoms with E-state index >= 15 is 0 Å². The summed E-state index contributed by atoms with van der Waals surface area (Å²) in [7, 11) is 0. The lowest BCUT2D eigenvalue weighted by atomic mass is 9.97. The molecule has 1 saturated heterocycles. The molecule has 22 heavy (non-hydrogen) atoms. The van der Waals surface area contributed by atoms with Gasteiger partial charge in [-0.3, -0.25) is 5.32 Å². The maximum absolute atomic E-state index is 11.8. The van der Waals surface area contributed by atoms with Crippen molar-refractivity contribution in [2.24, 2.45) is 0 Å². The molecule has 122 valence electrons. The number of carboxylic acids is 1. The van der Waals surface area contributed by atoms with Gasteiger partial charge in [0.1, 0.15) is 5.60 Å². The second kappa shape index (κ2) is 6.62. The van der Waals surface area contributed by atoms with Gasteiger partial charge in [0, 0.05) is 24.0 Å². The van der Waals surface area contributed by atoms with Crippen molar-refractivity contribution in [1.82, 2.24) is 4.98 Å². The van der Waals surface area contributed by atoms with Crippen LogP contribution >= 0.6 is 11.3 Å². The maximum atomic E-state index is 11.8. The van der Waals surface area contributed by atoms with Crippen LogP contribution in [-0.4, -0.2) is 41.0 Å². The first kappa shape index (κ1) is 16.7. The fourth-order valence-corrected chi connectivity index (χ4v) is 3.28. The standard InChI is InChI=1S/C14H20N2O5S/c1-14(2,3)21-13(19)16-12-15-9(11(17)18)10(22-12)8-4-6-20-7-5-8/h8H,4-7H2,1-3H3,(H,17,18)(H,15,16,19). The molecule has 0 bridgehead atoms. The van der Waals surface area contributed by atoms with E-state index in [2.05, 4.69) is 10.3 Å². The van der Waals surface area contributed by atoms with Crippen molar-refractivity contribution in [3.8, 4) is 0 Å². The van der Waals surface area contributed by atoms with Crippen molar-refractivity contribution in [3.05, 3.63) is 10.6 Å². The van der Waals surface area contributed by atoms with Gasteiger partial charge in [-0.1, -0.05) is 0 Å². The van der Waals surface area contributed by atoms with Crippen molar-refractivity contribution in [2.75, 3.05) is 18.5 Å². The Bertz CT molecular complexity index is 558. The zero-order valence-corrected chi connectivity index (χ0v) is 13.7. The molecule has 1 aromatic heterocycles. The van der Waals surface area contributed by atoms with Gasteiger partial charge in [-0.25, -0.2) is 14.6 Å². The van der Waals surface area contributed by atoms with Crippen LogP contribution < -0.4 is 5.32 Å². The molecule has 0 atom stereocenters. The first-order chi connectivity index (χ1) is 10.3. The Balaban J connectivity index is 2.16. The zero-order valence-electron chi connectivity index (χ0n) is 12.8. The molecule has 0 radical (unpaired) electrons. The van der Waals surface area contributed by atoms with Gasteiger partial charge in [-0.05, 0) is 33.6 Å². The van der Waals surface area contributed by atoms with E-state index in [1.807, 2.05) is 0 Å². The number of anilines is 1. The number of aromatic nitrogens is 1. The number of hydrogen-bond acceptors (Lipinski definition) is 6. The average Bonchev–Trinajstić information content (AvgIpc) is 2.81. The Hall–Kier alpha value is -1.67.